The van der Waals surface area contributed by atoms with E-state index in [4.69, 9.17) is 22.1 Å². The summed E-state index contributed by atoms with van der Waals surface area (Å²) in [6.07, 6.45) is 1.90. The molecular formula is C30H27ClFN3O7. The number of hydrogen-bond acceptors (Lipinski definition) is 7. The van der Waals surface area contributed by atoms with Crippen molar-refractivity contribution in [2.24, 2.45) is 34.8 Å². The quantitative estimate of drug-likeness (QED) is 0.402. The van der Waals surface area contributed by atoms with E-state index in [2.05, 4.69) is 0 Å². The maximum absolute atomic E-state index is 14.4. The Bertz CT molecular complexity index is 1630. The van der Waals surface area contributed by atoms with E-state index >= 15 is 0 Å². The van der Waals surface area contributed by atoms with Crippen molar-refractivity contribution in [2.75, 3.05) is 11.5 Å². The van der Waals surface area contributed by atoms with Crippen LogP contribution in [0.2, 0.25) is 5.02 Å². The molecule has 2 saturated heterocycles. The zero-order chi connectivity index (χ0) is 30.2. The second-order valence-electron chi connectivity index (χ2n) is 11.2. The van der Waals surface area contributed by atoms with Crippen LogP contribution in [0.3, 0.4) is 0 Å². The Morgan fingerprint density at radius 2 is 1.88 bits per heavy atom. The van der Waals surface area contributed by atoms with Gasteiger partial charge in [-0.1, -0.05) is 35.4 Å². The van der Waals surface area contributed by atoms with Crippen LogP contribution in [0.4, 0.5) is 14.9 Å². The van der Waals surface area contributed by atoms with Crippen LogP contribution in [-0.2, 0) is 19.2 Å². The van der Waals surface area contributed by atoms with Crippen molar-refractivity contribution in [3.63, 3.8) is 0 Å². The van der Waals surface area contributed by atoms with Gasteiger partial charge in [0.2, 0.25) is 23.6 Å². The van der Waals surface area contributed by atoms with E-state index in [1.54, 1.807) is 38.1 Å². The third-order valence-electron chi connectivity index (χ3n) is 9.30. The molecule has 12 heteroatoms. The monoisotopic (exact) mass is 595 g/mol. The molecule has 0 radical (unpaired) electrons. The van der Waals surface area contributed by atoms with Gasteiger partial charge in [0.1, 0.15) is 5.82 Å². The number of carbonyl (C=O) groups is 5. The second kappa shape index (κ2) is 9.65. The van der Waals surface area contributed by atoms with E-state index in [9.17, 15) is 33.5 Å². The molecule has 0 unspecified atom stereocenters. The predicted octanol–water partition coefficient (Wildman–Crippen LogP) is 3.89. The smallest absolute Gasteiger partial charge is 0.328 e. The van der Waals surface area contributed by atoms with Gasteiger partial charge in [-0.25, -0.2) is 14.1 Å². The zero-order valence-electron chi connectivity index (χ0n) is 22.7. The Labute approximate surface area is 244 Å². The normalized spacial score (nSPS) is 30.2. The Balaban J connectivity index is 1.55. The summed E-state index contributed by atoms with van der Waals surface area (Å²) in [4.78, 5) is 68.4. The molecule has 6 rings (SSSR count). The van der Waals surface area contributed by atoms with Gasteiger partial charge in [-0.05, 0) is 56.9 Å². The number of primary amides is 1. The van der Waals surface area contributed by atoms with Crippen molar-refractivity contribution in [1.82, 2.24) is 4.90 Å². The number of fused-ring (bicyclic) bond motifs is 4. The minimum atomic E-state index is -1.45. The maximum Gasteiger partial charge on any atom is 0.328 e. The first kappa shape index (κ1) is 27.9. The molecule has 1 saturated carbocycles. The zero-order valence-corrected chi connectivity index (χ0v) is 23.4. The van der Waals surface area contributed by atoms with Crippen molar-refractivity contribution >= 4 is 46.9 Å². The van der Waals surface area contributed by atoms with Crippen molar-refractivity contribution < 1.29 is 38.2 Å². The average Bonchev–Trinajstić information content (AvgIpc) is 3.31. The van der Waals surface area contributed by atoms with Crippen LogP contribution in [0, 0.1) is 34.9 Å². The third-order valence-corrected chi connectivity index (χ3v) is 9.59. The highest BCUT2D eigenvalue weighted by Crippen LogP contribution is 2.64. The number of phenolic OH excluding ortho intramolecular Hbond substituents is 1. The van der Waals surface area contributed by atoms with E-state index < -0.39 is 70.5 Å². The van der Waals surface area contributed by atoms with Crippen LogP contribution >= 0.6 is 11.6 Å². The van der Waals surface area contributed by atoms with Gasteiger partial charge in [0.15, 0.2) is 11.5 Å². The summed E-state index contributed by atoms with van der Waals surface area (Å²) in [6.45, 7) is 3.65. The summed E-state index contributed by atoms with van der Waals surface area (Å²) >= 11 is 6.00. The number of benzene rings is 2. The van der Waals surface area contributed by atoms with Gasteiger partial charge in [-0.2, -0.15) is 4.90 Å². The number of amides is 6. The topological polar surface area (TPSA) is 147 Å². The molecule has 3 N–H and O–H groups in total. The van der Waals surface area contributed by atoms with Gasteiger partial charge in [-0.15, -0.1) is 0 Å². The number of nitrogens with zero attached hydrogens (tertiary/aromatic N) is 2. The number of nitrogens with two attached hydrogens (primary N) is 1. The lowest BCUT2D eigenvalue weighted by molar-refractivity contribution is -0.136. The fraction of sp³-hybridized carbons (Fsp3) is 0.367. The lowest BCUT2D eigenvalue weighted by atomic mass is 9.51. The summed E-state index contributed by atoms with van der Waals surface area (Å²) < 4.78 is 19.6. The highest BCUT2D eigenvalue weighted by atomic mass is 35.5. The number of rotatable bonds is 4. The largest absolute Gasteiger partial charge is 0.504 e. The van der Waals surface area contributed by atoms with E-state index in [0.717, 1.165) is 11.0 Å². The second-order valence-corrected chi connectivity index (χ2v) is 11.6. The van der Waals surface area contributed by atoms with Gasteiger partial charge < -0.3 is 15.6 Å². The predicted molar refractivity (Wildman–Crippen MR) is 147 cm³/mol. The van der Waals surface area contributed by atoms with E-state index in [1.165, 1.54) is 12.1 Å². The number of hydrogen-bond donors (Lipinski definition) is 2. The fourth-order valence-corrected chi connectivity index (χ4v) is 7.67. The molecule has 4 aliphatic rings. The molecule has 3 fully saturated rings. The van der Waals surface area contributed by atoms with Gasteiger partial charge in [0, 0.05) is 11.5 Å². The van der Waals surface area contributed by atoms with E-state index in [0.29, 0.717) is 16.0 Å². The van der Waals surface area contributed by atoms with Crippen molar-refractivity contribution in [3.8, 4) is 11.5 Å². The molecular weight excluding hydrogens is 569 g/mol. The van der Waals surface area contributed by atoms with Crippen LogP contribution in [-0.4, -0.2) is 46.3 Å². The Kier molecular flexibility index (Phi) is 6.41. The number of phenols is 1. The first-order valence-electron chi connectivity index (χ1n) is 13.6. The summed E-state index contributed by atoms with van der Waals surface area (Å²) in [5.41, 5.74) is 4.92. The number of halogens is 2. The standard InChI is InChI=1S/C30H27ClFN3O7/c1-3-42-21-6-4-5-16(24(21)36)23-14-8-9-15-22(27(39)35(25(15)37)29(33)41)17(14)12-18-26(38)34(28(40)30(18,23)2)13-7-10-20(32)19(31)11-13/h4-8,10-11,15,17-18,22-23,36H,3,9,12H2,1-2H3,(H2,33,41)/t15-,17+,18-,22-,23+,30+/m0/s1. The fourth-order valence-electron chi connectivity index (χ4n) is 7.49. The number of urea groups is 1. The van der Waals surface area contributed by atoms with Gasteiger partial charge in [-0.3, -0.25) is 19.2 Å². The minimum Gasteiger partial charge on any atom is -0.504 e. The molecule has 6 amide bonds. The molecule has 0 spiro atoms. The molecule has 0 bridgehead atoms. The van der Waals surface area contributed by atoms with Gasteiger partial charge in [0.25, 0.3) is 0 Å². The van der Waals surface area contributed by atoms with Crippen molar-refractivity contribution in [1.29, 1.82) is 0 Å². The Morgan fingerprint density at radius 1 is 1.14 bits per heavy atom. The molecule has 2 aromatic carbocycles. The summed E-state index contributed by atoms with van der Waals surface area (Å²) in [6, 6.07) is 7.23. The number of likely N-dealkylation sites (tertiary alicyclic amines) is 1. The maximum atomic E-state index is 14.4. The summed E-state index contributed by atoms with van der Waals surface area (Å²) in [5.74, 6) is -7.83. The number of carbonyl (C=O) groups excluding carboxylic acids is 5. The van der Waals surface area contributed by atoms with Crippen LogP contribution in [0.25, 0.3) is 0 Å². The van der Waals surface area contributed by atoms with Crippen LogP contribution in [0.1, 0.15) is 38.2 Å². The molecule has 0 aromatic heterocycles. The van der Waals surface area contributed by atoms with Crippen molar-refractivity contribution in [2.45, 2.75) is 32.6 Å². The lowest BCUT2D eigenvalue weighted by Gasteiger charge is -2.49. The third kappa shape index (κ3) is 3.65. The highest BCUT2D eigenvalue weighted by molar-refractivity contribution is 6.31. The van der Waals surface area contributed by atoms with Crippen LogP contribution in [0.15, 0.2) is 48.0 Å². The van der Waals surface area contributed by atoms with Crippen LogP contribution in [0.5, 0.6) is 11.5 Å². The molecule has 2 heterocycles. The molecule has 2 aliphatic heterocycles. The molecule has 218 valence electrons. The average molecular weight is 596 g/mol. The Morgan fingerprint density at radius 3 is 2.55 bits per heavy atom. The molecule has 2 aliphatic carbocycles. The van der Waals surface area contributed by atoms with E-state index in [-0.39, 0.29) is 41.7 Å². The van der Waals surface area contributed by atoms with Gasteiger partial charge in [0.05, 0.1) is 40.5 Å². The number of aromatic hydroxyl groups is 1. The van der Waals surface area contributed by atoms with Crippen LogP contribution < -0.4 is 15.4 Å². The highest BCUT2D eigenvalue weighted by Gasteiger charge is 2.68. The Hall–Kier alpha value is -4.25. The van der Waals surface area contributed by atoms with Crippen molar-refractivity contribution in [3.05, 3.63) is 64.5 Å². The minimum absolute atomic E-state index is 0.0214. The lowest BCUT2D eigenvalue weighted by Crippen LogP contribution is -2.49. The number of imide groups is 4. The number of ether oxygens (including phenoxy) is 1. The first-order valence-corrected chi connectivity index (χ1v) is 14.0. The molecule has 10 nitrogen and oxygen atoms in total. The number of anilines is 1. The van der Waals surface area contributed by atoms with Gasteiger partial charge >= 0.3 is 6.03 Å². The number of allylic oxidation sites excluding steroid dienone is 2. The molecule has 2 aromatic rings. The SMILES string of the molecule is CCOc1cccc([C@H]2C3=CC[C@@H]4C(=O)N(C(N)=O)C(=O)[C@@H]4[C@@H]3C[C@H]3C(=O)N(c4ccc(F)c(Cl)c4)C(=O)[C@@]23C)c1O. The van der Waals surface area contributed by atoms with E-state index in [1.807, 2.05) is 0 Å². The molecule has 6 atom stereocenters. The number of para-hydroxylation sites is 1. The summed E-state index contributed by atoms with van der Waals surface area (Å²) in [7, 11) is 0. The summed E-state index contributed by atoms with van der Waals surface area (Å²) in [5, 5.41) is 11.1. The molecule has 42 heavy (non-hydrogen) atoms. The first-order chi connectivity index (χ1) is 19.9.